The summed E-state index contributed by atoms with van der Waals surface area (Å²) in [7, 11) is 0. The van der Waals surface area contributed by atoms with E-state index in [0.29, 0.717) is 0 Å². The Bertz CT molecular complexity index is 240. The monoisotopic (exact) mass is 207 g/mol. The van der Waals surface area contributed by atoms with Gasteiger partial charge in [0.15, 0.2) is 0 Å². The topological polar surface area (TPSA) is 0 Å². The van der Waals surface area contributed by atoms with E-state index in [2.05, 4.69) is 0 Å². The Kier molecular flexibility index (Phi) is 3.11. The number of halogens is 3. The Morgan fingerprint density at radius 2 is 1.92 bits per heavy atom. The van der Waals surface area contributed by atoms with E-state index in [0.717, 1.165) is 12.0 Å². The van der Waals surface area contributed by atoms with Crippen LogP contribution in [0, 0.1) is 5.92 Å². The maximum absolute atomic E-state index is 12.2. The molecule has 0 saturated heterocycles. The normalized spacial score (nSPS) is 24.7. The molecule has 4 heteroatoms. The molecule has 0 fully saturated rings. The lowest BCUT2D eigenvalue weighted by Crippen LogP contribution is -2.18. The molecule has 1 unspecified atom stereocenters. The summed E-state index contributed by atoms with van der Waals surface area (Å²) in [6.07, 6.45) is 1.51. The zero-order valence-electron chi connectivity index (χ0n) is 7.35. The van der Waals surface area contributed by atoms with Crippen LogP contribution in [-0.4, -0.2) is 17.7 Å². The van der Waals surface area contributed by atoms with Crippen LogP contribution in [0.1, 0.15) is 6.92 Å². The highest BCUT2D eigenvalue weighted by atomic mass is 32.2. The highest BCUT2D eigenvalue weighted by molar-refractivity contribution is 7.99. The second-order valence-corrected chi connectivity index (χ2v) is 3.83. The minimum absolute atomic E-state index is 0.137. The minimum atomic E-state index is -4.22. The Labute approximate surface area is 79.9 Å². The molecule has 0 N–H and O–H groups in total. The molecule has 0 saturated carbocycles. The van der Waals surface area contributed by atoms with Crippen LogP contribution in [0.4, 0.5) is 13.2 Å². The average Bonchev–Trinajstić information content (AvgIpc) is 2.03. The molecule has 0 aromatic heterocycles. The van der Waals surface area contributed by atoms with Crippen LogP contribution in [0.25, 0.3) is 0 Å². The van der Waals surface area contributed by atoms with Crippen LogP contribution >= 0.6 is 11.8 Å². The van der Waals surface area contributed by atoms with Gasteiger partial charge in [-0.3, -0.25) is 0 Å². The van der Waals surface area contributed by atoms with Crippen LogP contribution in [-0.2, 0) is 0 Å². The summed E-state index contributed by atoms with van der Waals surface area (Å²) in [6.45, 7) is 1.83. The molecule has 13 heavy (non-hydrogen) atoms. The molecule has 1 aliphatic rings. The fraction of sp³-hybridized carbons (Fsp3) is 0.444. The molecule has 0 aromatic carbocycles. The van der Waals surface area contributed by atoms with Gasteiger partial charge in [0.1, 0.15) is 0 Å². The van der Waals surface area contributed by atoms with E-state index in [9.17, 15) is 13.2 Å². The minimum Gasteiger partial charge on any atom is -0.166 e. The molecule has 0 aliphatic heterocycles. The number of hydrogen-bond donors (Lipinski definition) is 0. The fourth-order valence-electron chi connectivity index (χ4n) is 1.11. The SMILES string of the molecule is CSC1C=C(C(F)(F)F)C=C[C]1C. The van der Waals surface area contributed by atoms with Gasteiger partial charge in [-0.1, -0.05) is 25.2 Å². The quantitative estimate of drug-likeness (QED) is 0.635. The summed E-state index contributed by atoms with van der Waals surface area (Å²) in [5.74, 6) is 0.959. The van der Waals surface area contributed by atoms with Crippen molar-refractivity contribution < 1.29 is 13.2 Å². The van der Waals surface area contributed by atoms with Crippen molar-refractivity contribution in [1.29, 1.82) is 0 Å². The fourth-order valence-corrected chi connectivity index (χ4v) is 1.84. The van der Waals surface area contributed by atoms with Crippen molar-refractivity contribution in [1.82, 2.24) is 0 Å². The number of alkyl halides is 3. The van der Waals surface area contributed by atoms with E-state index in [1.54, 1.807) is 6.26 Å². The smallest absolute Gasteiger partial charge is 0.166 e. The molecule has 0 nitrogen and oxygen atoms in total. The molecular formula is C9H10F3S. The lowest BCUT2D eigenvalue weighted by molar-refractivity contribution is -0.0885. The molecule has 0 heterocycles. The molecule has 0 bridgehead atoms. The van der Waals surface area contributed by atoms with Gasteiger partial charge in [-0.2, -0.15) is 24.9 Å². The van der Waals surface area contributed by atoms with Gasteiger partial charge in [0, 0.05) is 11.2 Å². The van der Waals surface area contributed by atoms with Crippen LogP contribution < -0.4 is 0 Å². The summed E-state index contributed by atoms with van der Waals surface area (Å²) in [4.78, 5) is 0. The van der Waals surface area contributed by atoms with Crippen LogP contribution in [0.15, 0.2) is 23.8 Å². The van der Waals surface area contributed by atoms with Gasteiger partial charge in [0.2, 0.25) is 0 Å². The lowest BCUT2D eigenvalue weighted by atomic mass is 9.98. The zero-order valence-corrected chi connectivity index (χ0v) is 8.17. The molecule has 1 radical (unpaired) electrons. The third-order valence-electron chi connectivity index (χ3n) is 1.89. The van der Waals surface area contributed by atoms with E-state index < -0.39 is 11.7 Å². The van der Waals surface area contributed by atoms with Crippen LogP contribution in [0.5, 0.6) is 0 Å². The van der Waals surface area contributed by atoms with E-state index in [1.807, 2.05) is 6.92 Å². The van der Waals surface area contributed by atoms with Gasteiger partial charge in [-0.15, -0.1) is 0 Å². The van der Waals surface area contributed by atoms with Gasteiger partial charge in [-0.05, 0) is 6.26 Å². The van der Waals surface area contributed by atoms with Crippen molar-refractivity contribution in [2.45, 2.75) is 18.3 Å². The average molecular weight is 207 g/mol. The van der Waals surface area contributed by atoms with E-state index in [-0.39, 0.29) is 5.25 Å². The second-order valence-electron chi connectivity index (χ2n) is 2.85. The highest BCUT2D eigenvalue weighted by Crippen LogP contribution is 2.34. The third-order valence-corrected chi connectivity index (χ3v) is 2.90. The molecule has 73 valence electrons. The second kappa shape index (κ2) is 3.78. The van der Waals surface area contributed by atoms with E-state index >= 15 is 0 Å². The Morgan fingerprint density at radius 1 is 1.31 bits per heavy atom. The zero-order chi connectivity index (χ0) is 10.1. The highest BCUT2D eigenvalue weighted by Gasteiger charge is 2.34. The van der Waals surface area contributed by atoms with Crippen LogP contribution in [0.3, 0.4) is 0 Å². The first-order valence-electron chi connectivity index (χ1n) is 3.78. The van der Waals surface area contributed by atoms with E-state index in [4.69, 9.17) is 0 Å². The maximum Gasteiger partial charge on any atom is 0.416 e. The van der Waals surface area contributed by atoms with Crippen molar-refractivity contribution in [3.05, 3.63) is 29.7 Å². The van der Waals surface area contributed by atoms with E-state index in [1.165, 1.54) is 23.9 Å². The van der Waals surface area contributed by atoms with Gasteiger partial charge < -0.3 is 0 Å². The van der Waals surface area contributed by atoms with Crippen molar-refractivity contribution in [3.63, 3.8) is 0 Å². The first-order valence-corrected chi connectivity index (χ1v) is 5.07. The van der Waals surface area contributed by atoms with Gasteiger partial charge in [0.25, 0.3) is 0 Å². The Morgan fingerprint density at radius 3 is 2.38 bits per heavy atom. The lowest BCUT2D eigenvalue weighted by Gasteiger charge is -2.21. The predicted octanol–water partition coefficient (Wildman–Crippen LogP) is 3.37. The molecule has 1 rings (SSSR count). The molecule has 0 spiro atoms. The van der Waals surface area contributed by atoms with Crippen molar-refractivity contribution in [2.24, 2.45) is 0 Å². The largest absolute Gasteiger partial charge is 0.416 e. The summed E-state index contributed by atoms with van der Waals surface area (Å²) < 4.78 is 36.7. The number of allylic oxidation sites excluding steroid dienone is 3. The van der Waals surface area contributed by atoms with Gasteiger partial charge in [0.05, 0.1) is 5.57 Å². The Balaban J connectivity index is 2.85. The number of rotatable bonds is 1. The summed E-state index contributed by atoms with van der Waals surface area (Å²) in [5.41, 5.74) is -0.544. The standard InChI is InChI=1S/C9H10F3S/c1-6-3-4-7(9(10,11)12)5-8(6)13-2/h3-5,8H,1-2H3. The first kappa shape index (κ1) is 10.7. The summed E-state index contributed by atoms with van der Waals surface area (Å²) >= 11 is 1.41. The molecular weight excluding hydrogens is 197 g/mol. The van der Waals surface area contributed by atoms with Crippen molar-refractivity contribution in [3.8, 4) is 0 Å². The predicted molar refractivity (Wildman–Crippen MR) is 49.5 cm³/mol. The van der Waals surface area contributed by atoms with Gasteiger partial charge in [-0.25, -0.2) is 0 Å². The first-order chi connectivity index (χ1) is 5.95. The third kappa shape index (κ3) is 2.53. The van der Waals surface area contributed by atoms with Crippen molar-refractivity contribution in [2.75, 3.05) is 6.26 Å². The molecule has 0 aromatic rings. The molecule has 1 atom stereocenters. The number of hydrogen-bond acceptors (Lipinski definition) is 1. The molecule has 1 aliphatic carbocycles. The molecule has 0 amide bonds. The maximum atomic E-state index is 12.2. The van der Waals surface area contributed by atoms with Crippen LogP contribution in [0.2, 0.25) is 0 Å². The van der Waals surface area contributed by atoms with Crippen molar-refractivity contribution >= 4 is 11.8 Å². The Hall–Kier alpha value is -0.380. The summed E-state index contributed by atoms with van der Waals surface area (Å²) in [6, 6.07) is 0. The van der Waals surface area contributed by atoms with Gasteiger partial charge >= 0.3 is 6.18 Å². The number of thioether (sulfide) groups is 1. The summed E-state index contributed by atoms with van der Waals surface area (Å²) in [5, 5.41) is -0.137.